The van der Waals surface area contributed by atoms with Crippen molar-refractivity contribution in [3.63, 3.8) is 0 Å². The van der Waals surface area contributed by atoms with Crippen molar-refractivity contribution in [2.75, 3.05) is 5.32 Å². The molecule has 0 radical (unpaired) electrons. The molecule has 0 spiro atoms. The molecule has 0 bridgehead atoms. The first-order chi connectivity index (χ1) is 12.8. The second kappa shape index (κ2) is 7.85. The highest BCUT2D eigenvalue weighted by atomic mass is 35.5. The molecule has 1 aliphatic rings. The van der Waals surface area contributed by atoms with Crippen molar-refractivity contribution in [3.05, 3.63) is 46.5 Å². The van der Waals surface area contributed by atoms with Crippen LogP contribution in [-0.4, -0.2) is 28.1 Å². The van der Waals surface area contributed by atoms with Crippen LogP contribution in [0.1, 0.15) is 24.0 Å². The van der Waals surface area contributed by atoms with Gasteiger partial charge in [-0.2, -0.15) is 0 Å². The lowest BCUT2D eigenvalue weighted by Gasteiger charge is -2.14. The first kappa shape index (κ1) is 19.0. The predicted octanol–water partition coefficient (Wildman–Crippen LogP) is 3.42. The fourth-order valence-corrected chi connectivity index (χ4v) is 2.85. The first-order valence-corrected chi connectivity index (χ1v) is 8.79. The maximum atomic E-state index is 11.3. The Balaban J connectivity index is 1.77. The molecule has 0 aliphatic heterocycles. The highest BCUT2D eigenvalue weighted by molar-refractivity contribution is 6.37. The van der Waals surface area contributed by atoms with Crippen molar-refractivity contribution >= 4 is 29.2 Å². The summed E-state index contributed by atoms with van der Waals surface area (Å²) in [5, 5.41) is 24.5. The third kappa shape index (κ3) is 4.90. The summed E-state index contributed by atoms with van der Waals surface area (Å²) in [5.74, 6) is -1.65. The van der Waals surface area contributed by atoms with Crippen molar-refractivity contribution in [2.45, 2.75) is 32.4 Å². The predicted molar refractivity (Wildman–Crippen MR) is 100 cm³/mol. The number of aromatic hydroxyl groups is 1. The lowest BCUT2D eigenvalue weighted by molar-refractivity contribution is -0.147. The summed E-state index contributed by atoms with van der Waals surface area (Å²) < 4.78 is 5.87. The Labute approximate surface area is 160 Å². The van der Waals surface area contributed by atoms with Crippen LogP contribution in [0.15, 0.2) is 30.3 Å². The molecule has 8 heteroatoms. The van der Waals surface area contributed by atoms with Crippen LogP contribution < -0.4 is 15.4 Å². The molecule has 0 aromatic heterocycles. The Bertz CT molecular complexity index is 873. The Morgan fingerprint density at radius 2 is 2.00 bits per heavy atom. The number of hydrogen-bond acceptors (Lipinski definition) is 5. The average Bonchev–Trinajstić information content (AvgIpc) is 3.42. The van der Waals surface area contributed by atoms with Gasteiger partial charge in [0, 0.05) is 23.8 Å². The number of aryl methyl sites for hydroxylation is 1. The van der Waals surface area contributed by atoms with Gasteiger partial charge in [-0.15, -0.1) is 0 Å². The van der Waals surface area contributed by atoms with Gasteiger partial charge in [-0.1, -0.05) is 11.6 Å². The van der Waals surface area contributed by atoms with Crippen LogP contribution in [-0.2, 0) is 16.1 Å². The van der Waals surface area contributed by atoms with E-state index < -0.39 is 11.9 Å². The number of benzene rings is 2. The SMILES string of the molecule is Cc1cc(NC(=O)C(=O)O)cc(Cl)c1Oc1ccc(O)c(CNC2CC2)c1. The second-order valence-electron chi connectivity index (χ2n) is 6.41. The number of carboxylic acids is 1. The molecule has 0 atom stereocenters. The number of halogens is 1. The Morgan fingerprint density at radius 3 is 2.63 bits per heavy atom. The number of phenolic OH excluding ortho intramolecular Hbond substituents is 1. The van der Waals surface area contributed by atoms with Crippen molar-refractivity contribution in [1.82, 2.24) is 5.32 Å². The zero-order chi connectivity index (χ0) is 19.6. The summed E-state index contributed by atoms with van der Waals surface area (Å²) in [6.07, 6.45) is 2.30. The van der Waals surface area contributed by atoms with Gasteiger partial charge in [-0.3, -0.25) is 4.79 Å². The van der Waals surface area contributed by atoms with Crippen LogP contribution in [0.2, 0.25) is 5.02 Å². The van der Waals surface area contributed by atoms with Crippen molar-refractivity contribution < 1.29 is 24.5 Å². The number of carbonyl (C=O) groups excluding carboxylic acids is 1. The van der Waals surface area contributed by atoms with E-state index >= 15 is 0 Å². The van der Waals surface area contributed by atoms with Crippen LogP contribution in [0.4, 0.5) is 5.69 Å². The van der Waals surface area contributed by atoms with E-state index in [1.807, 2.05) is 0 Å². The molecule has 2 aromatic carbocycles. The van der Waals surface area contributed by atoms with Crippen LogP contribution in [0.25, 0.3) is 0 Å². The normalized spacial score (nSPS) is 13.3. The fourth-order valence-electron chi connectivity index (χ4n) is 2.54. The molecule has 0 unspecified atom stereocenters. The molecule has 7 nitrogen and oxygen atoms in total. The number of carbonyl (C=O) groups is 2. The number of rotatable bonds is 6. The van der Waals surface area contributed by atoms with Gasteiger partial charge in [0.1, 0.15) is 17.2 Å². The molecule has 1 fully saturated rings. The molecule has 1 amide bonds. The number of aliphatic carboxylic acids is 1. The maximum Gasteiger partial charge on any atom is 0.394 e. The molecule has 4 N–H and O–H groups in total. The summed E-state index contributed by atoms with van der Waals surface area (Å²) in [6, 6.07) is 8.42. The van der Waals surface area contributed by atoms with E-state index in [0.717, 1.165) is 18.4 Å². The zero-order valence-electron chi connectivity index (χ0n) is 14.6. The van der Waals surface area contributed by atoms with Gasteiger partial charge in [0.2, 0.25) is 0 Å². The number of anilines is 1. The average molecular weight is 391 g/mol. The van der Waals surface area contributed by atoms with E-state index in [2.05, 4.69) is 10.6 Å². The van der Waals surface area contributed by atoms with Gasteiger partial charge in [0.05, 0.1) is 5.02 Å². The standard InChI is InChI=1S/C19H19ClN2O5/c1-10-6-13(22-18(24)19(25)26)8-15(20)17(10)27-14-4-5-16(23)11(7-14)9-21-12-2-3-12/h4-8,12,21,23H,2-3,9H2,1H3,(H,22,24)(H,25,26). The summed E-state index contributed by atoms with van der Waals surface area (Å²) in [7, 11) is 0. The van der Waals surface area contributed by atoms with Gasteiger partial charge in [0.15, 0.2) is 0 Å². The Hall–Kier alpha value is -2.77. The molecule has 142 valence electrons. The van der Waals surface area contributed by atoms with Gasteiger partial charge in [0.25, 0.3) is 0 Å². The quantitative estimate of drug-likeness (QED) is 0.563. The van der Waals surface area contributed by atoms with Crippen molar-refractivity contribution in [3.8, 4) is 17.2 Å². The molecule has 2 aromatic rings. The van der Waals surface area contributed by atoms with E-state index in [9.17, 15) is 14.7 Å². The van der Waals surface area contributed by atoms with E-state index in [4.69, 9.17) is 21.4 Å². The lowest BCUT2D eigenvalue weighted by atomic mass is 10.1. The number of nitrogens with one attached hydrogen (secondary N) is 2. The Morgan fingerprint density at radius 1 is 1.26 bits per heavy atom. The van der Waals surface area contributed by atoms with Crippen LogP contribution in [0.3, 0.4) is 0 Å². The minimum absolute atomic E-state index is 0.185. The molecule has 1 saturated carbocycles. The molecular formula is C19H19ClN2O5. The maximum absolute atomic E-state index is 11.3. The van der Waals surface area contributed by atoms with Crippen molar-refractivity contribution in [1.29, 1.82) is 0 Å². The first-order valence-electron chi connectivity index (χ1n) is 8.41. The lowest BCUT2D eigenvalue weighted by Crippen LogP contribution is -2.21. The zero-order valence-corrected chi connectivity index (χ0v) is 15.3. The molecule has 0 heterocycles. The third-order valence-electron chi connectivity index (χ3n) is 4.11. The summed E-state index contributed by atoms with van der Waals surface area (Å²) in [5.41, 5.74) is 1.60. The van der Waals surface area contributed by atoms with E-state index in [0.29, 0.717) is 29.6 Å². The monoisotopic (exact) mass is 390 g/mol. The molecule has 27 heavy (non-hydrogen) atoms. The van der Waals surface area contributed by atoms with Crippen LogP contribution in [0, 0.1) is 6.92 Å². The number of hydrogen-bond donors (Lipinski definition) is 4. The highest BCUT2D eigenvalue weighted by Gasteiger charge is 2.21. The second-order valence-corrected chi connectivity index (χ2v) is 6.82. The number of carboxylic acid groups (broad SMARTS) is 1. The van der Waals surface area contributed by atoms with Gasteiger partial charge in [-0.05, 0) is 55.7 Å². The smallest absolute Gasteiger partial charge is 0.394 e. The number of ether oxygens (including phenoxy) is 1. The van der Waals surface area contributed by atoms with Crippen molar-refractivity contribution in [2.24, 2.45) is 0 Å². The summed E-state index contributed by atoms with van der Waals surface area (Å²) in [6.45, 7) is 2.27. The minimum Gasteiger partial charge on any atom is -0.508 e. The summed E-state index contributed by atoms with van der Waals surface area (Å²) >= 11 is 6.24. The van der Waals surface area contributed by atoms with Crippen LogP contribution >= 0.6 is 11.6 Å². The van der Waals surface area contributed by atoms with Gasteiger partial charge in [-0.25, -0.2) is 4.79 Å². The largest absolute Gasteiger partial charge is 0.508 e. The molecular weight excluding hydrogens is 372 g/mol. The molecule has 3 rings (SSSR count). The van der Waals surface area contributed by atoms with E-state index in [1.165, 1.54) is 6.07 Å². The van der Waals surface area contributed by atoms with E-state index in [1.54, 1.807) is 31.2 Å². The van der Waals surface area contributed by atoms with E-state index in [-0.39, 0.29) is 16.5 Å². The fraction of sp³-hybridized carbons (Fsp3) is 0.263. The van der Waals surface area contributed by atoms with Gasteiger partial charge < -0.3 is 25.6 Å². The minimum atomic E-state index is -1.58. The summed E-state index contributed by atoms with van der Waals surface area (Å²) in [4.78, 5) is 21.9. The Kier molecular flexibility index (Phi) is 5.53. The topological polar surface area (TPSA) is 108 Å². The van der Waals surface area contributed by atoms with Gasteiger partial charge >= 0.3 is 11.9 Å². The third-order valence-corrected chi connectivity index (χ3v) is 4.39. The molecule has 0 saturated heterocycles. The van der Waals surface area contributed by atoms with Crippen LogP contribution in [0.5, 0.6) is 17.2 Å². The highest BCUT2D eigenvalue weighted by Crippen LogP contribution is 2.36. The number of amides is 1. The number of phenols is 1. The molecule has 1 aliphatic carbocycles.